The molecule has 0 aliphatic carbocycles. The van der Waals surface area contributed by atoms with Gasteiger partial charge in [0.25, 0.3) is 5.56 Å². The van der Waals surface area contributed by atoms with Crippen LogP contribution in [0.15, 0.2) is 66.1 Å². The molecule has 0 amide bonds. The summed E-state index contributed by atoms with van der Waals surface area (Å²) >= 11 is 0. The van der Waals surface area contributed by atoms with Crippen LogP contribution in [-0.2, 0) is 12.1 Å². The molecule has 6 heterocycles. The highest BCUT2D eigenvalue weighted by Crippen LogP contribution is 2.34. The summed E-state index contributed by atoms with van der Waals surface area (Å²) in [5, 5.41) is 14.2. The lowest BCUT2D eigenvalue weighted by Crippen LogP contribution is -2.68. The van der Waals surface area contributed by atoms with Crippen molar-refractivity contribution in [3.63, 3.8) is 0 Å². The van der Waals surface area contributed by atoms with E-state index in [9.17, 15) is 9.90 Å². The third kappa shape index (κ3) is 4.49. The first-order valence-corrected chi connectivity index (χ1v) is 13.4. The van der Waals surface area contributed by atoms with E-state index in [2.05, 4.69) is 50.7 Å². The van der Waals surface area contributed by atoms with Gasteiger partial charge >= 0.3 is 0 Å². The SMILES string of the molecule is C=CCn1c(=O)c2cnc(Nc3ccc(N4CC5CC(C4)N5CC)cc3)nc2n1-c1cccc(C(C)(C)O)n1. The van der Waals surface area contributed by atoms with Gasteiger partial charge in [0.15, 0.2) is 11.5 Å². The number of benzene rings is 1. The van der Waals surface area contributed by atoms with Crippen LogP contribution >= 0.6 is 0 Å². The van der Waals surface area contributed by atoms with Crippen molar-refractivity contribution in [2.24, 2.45) is 0 Å². The Morgan fingerprint density at radius 3 is 2.54 bits per heavy atom. The summed E-state index contributed by atoms with van der Waals surface area (Å²) in [7, 11) is 0. The lowest BCUT2D eigenvalue weighted by molar-refractivity contribution is 0.00465. The van der Waals surface area contributed by atoms with Crippen molar-refractivity contribution in [2.75, 3.05) is 29.9 Å². The lowest BCUT2D eigenvalue weighted by atomic mass is 9.87. The van der Waals surface area contributed by atoms with Crippen LogP contribution in [0.5, 0.6) is 0 Å². The maximum Gasteiger partial charge on any atom is 0.278 e. The van der Waals surface area contributed by atoms with E-state index >= 15 is 0 Å². The van der Waals surface area contributed by atoms with Gasteiger partial charge in [-0.2, -0.15) is 4.98 Å². The van der Waals surface area contributed by atoms with Crippen LogP contribution in [0.2, 0.25) is 0 Å². The number of fused-ring (bicyclic) bond motifs is 3. The monoisotopic (exact) mass is 526 g/mol. The fourth-order valence-corrected chi connectivity index (χ4v) is 5.79. The van der Waals surface area contributed by atoms with Crippen LogP contribution in [0.1, 0.15) is 32.9 Å². The van der Waals surface area contributed by atoms with Gasteiger partial charge in [-0.05, 0) is 63.2 Å². The second kappa shape index (κ2) is 9.62. The Balaban J connectivity index is 1.30. The molecule has 2 bridgehead atoms. The van der Waals surface area contributed by atoms with Crippen molar-refractivity contribution in [2.45, 2.75) is 51.4 Å². The van der Waals surface area contributed by atoms with E-state index < -0.39 is 5.60 Å². The summed E-state index contributed by atoms with van der Waals surface area (Å²) in [5.41, 5.74) is 1.61. The number of nitrogens with zero attached hydrogens (tertiary/aromatic N) is 7. The quantitative estimate of drug-likeness (QED) is 0.337. The summed E-state index contributed by atoms with van der Waals surface area (Å²) < 4.78 is 3.18. The van der Waals surface area contributed by atoms with Gasteiger partial charge in [-0.25, -0.2) is 19.3 Å². The molecule has 0 spiro atoms. The minimum Gasteiger partial charge on any atom is -0.384 e. The number of piperidine rings is 1. The zero-order valence-electron chi connectivity index (χ0n) is 22.6. The zero-order valence-corrected chi connectivity index (χ0v) is 22.6. The Kier molecular flexibility index (Phi) is 6.23. The van der Waals surface area contributed by atoms with Crippen molar-refractivity contribution < 1.29 is 5.11 Å². The average Bonchev–Trinajstić information content (AvgIpc) is 3.19. The molecule has 0 radical (unpaired) electrons. The Labute approximate surface area is 227 Å². The first-order valence-electron chi connectivity index (χ1n) is 13.4. The van der Waals surface area contributed by atoms with Gasteiger partial charge in [0, 0.05) is 42.7 Å². The van der Waals surface area contributed by atoms with Crippen LogP contribution in [0.25, 0.3) is 16.9 Å². The molecule has 1 aromatic carbocycles. The molecule has 10 heteroatoms. The number of aromatic nitrogens is 5. The Morgan fingerprint density at radius 1 is 1.13 bits per heavy atom. The number of likely N-dealkylation sites (N-methyl/N-ethyl adjacent to an activating group) is 1. The van der Waals surface area contributed by atoms with E-state index in [-0.39, 0.29) is 12.1 Å². The maximum atomic E-state index is 13.2. The summed E-state index contributed by atoms with van der Waals surface area (Å²) in [4.78, 5) is 32.1. The standard InChI is InChI=1S/C29H34N8O2/c1-5-14-36-27(38)23-16-30-28(33-26(23)37(36)25-9-7-8-24(32-25)29(3,4)39)31-19-10-12-20(13-11-19)34-17-21-15-22(18-34)35(21)6-2/h5,7-13,16,21-22,39H,1,6,14-15,17-18H2,2-4H3,(H,30,31,33). The maximum absolute atomic E-state index is 13.2. The third-order valence-electron chi connectivity index (χ3n) is 7.75. The van der Waals surface area contributed by atoms with E-state index in [1.165, 1.54) is 23.0 Å². The van der Waals surface area contributed by atoms with E-state index in [4.69, 9.17) is 4.98 Å². The summed E-state index contributed by atoms with van der Waals surface area (Å²) in [6.07, 6.45) is 4.49. The number of rotatable bonds is 8. The molecule has 10 nitrogen and oxygen atoms in total. The van der Waals surface area contributed by atoms with Gasteiger partial charge in [-0.15, -0.1) is 6.58 Å². The summed E-state index contributed by atoms with van der Waals surface area (Å²) in [6.45, 7) is 12.9. The van der Waals surface area contributed by atoms with Crippen molar-refractivity contribution in [1.29, 1.82) is 0 Å². The Bertz CT molecular complexity index is 1570. The molecule has 7 rings (SSSR count). The predicted octanol–water partition coefficient (Wildman–Crippen LogP) is 3.42. The van der Waals surface area contributed by atoms with Gasteiger partial charge in [0.2, 0.25) is 5.95 Å². The topological polar surface area (TPSA) is 104 Å². The highest BCUT2D eigenvalue weighted by molar-refractivity contribution is 5.77. The normalized spacial score (nSPS) is 19.2. The molecule has 202 valence electrons. The molecular weight excluding hydrogens is 492 g/mol. The van der Waals surface area contributed by atoms with Gasteiger partial charge < -0.3 is 15.3 Å². The van der Waals surface area contributed by atoms with Crippen molar-refractivity contribution >= 4 is 28.4 Å². The fraction of sp³-hybridized carbons (Fsp3) is 0.379. The van der Waals surface area contributed by atoms with Gasteiger partial charge in [-0.3, -0.25) is 9.69 Å². The molecule has 0 saturated carbocycles. The summed E-state index contributed by atoms with van der Waals surface area (Å²) in [6, 6.07) is 15.0. The lowest BCUT2D eigenvalue weighted by Gasteiger charge is -2.56. The smallest absolute Gasteiger partial charge is 0.278 e. The number of aliphatic hydroxyl groups is 1. The molecule has 3 fully saturated rings. The predicted molar refractivity (Wildman–Crippen MR) is 153 cm³/mol. The second-order valence-electron chi connectivity index (χ2n) is 10.8. The highest BCUT2D eigenvalue weighted by Gasteiger charge is 2.43. The number of pyridine rings is 1. The highest BCUT2D eigenvalue weighted by atomic mass is 16.3. The molecule has 4 aromatic rings. The number of nitrogens with one attached hydrogen (secondary N) is 1. The van der Waals surface area contributed by atoms with Crippen LogP contribution < -0.4 is 15.8 Å². The first kappa shape index (κ1) is 25.3. The number of anilines is 3. The fourth-order valence-electron chi connectivity index (χ4n) is 5.79. The molecule has 3 aliphatic rings. The van der Waals surface area contributed by atoms with Crippen LogP contribution in [0, 0.1) is 0 Å². The van der Waals surface area contributed by atoms with Crippen LogP contribution in [0.4, 0.5) is 17.3 Å². The largest absolute Gasteiger partial charge is 0.384 e. The first-order chi connectivity index (χ1) is 18.8. The number of hydrogen-bond donors (Lipinski definition) is 2. The van der Waals surface area contributed by atoms with Gasteiger partial charge in [-0.1, -0.05) is 19.1 Å². The molecule has 3 saturated heterocycles. The number of hydrogen-bond acceptors (Lipinski definition) is 8. The van der Waals surface area contributed by atoms with Crippen molar-refractivity contribution in [1.82, 2.24) is 29.2 Å². The van der Waals surface area contributed by atoms with Crippen molar-refractivity contribution in [3.05, 3.63) is 77.4 Å². The molecule has 39 heavy (non-hydrogen) atoms. The zero-order chi connectivity index (χ0) is 27.3. The Hall–Kier alpha value is -4.02. The number of allylic oxidation sites excluding steroid dienone is 1. The van der Waals surface area contributed by atoms with Crippen molar-refractivity contribution in [3.8, 4) is 5.82 Å². The van der Waals surface area contributed by atoms with Gasteiger partial charge in [0.1, 0.15) is 11.0 Å². The minimum absolute atomic E-state index is 0.238. The Morgan fingerprint density at radius 2 is 1.87 bits per heavy atom. The van der Waals surface area contributed by atoms with Crippen LogP contribution in [-0.4, -0.2) is 66.0 Å². The molecular formula is C29H34N8O2. The average molecular weight is 527 g/mol. The second-order valence-corrected chi connectivity index (χ2v) is 10.8. The van der Waals surface area contributed by atoms with Crippen LogP contribution in [0.3, 0.4) is 0 Å². The molecule has 3 aromatic heterocycles. The van der Waals surface area contributed by atoms with Gasteiger partial charge in [0.05, 0.1) is 12.2 Å². The molecule has 2 N–H and O–H groups in total. The molecule has 2 atom stereocenters. The molecule has 3 aliphatic heterocycles. The minimum atomic E-state index is -1.14. The number of piperazine rings is 1. The van der Waals surface area contributed by atoms with E-state index in [1.807, 2.05) is 12.1 Å². The van der Waals surface area contributed by atoms with E-state index in [0.29, 0.717) is 40.6 Å². The van der Waals surface area contributed by atoms with E-state index in [0.717, 1.165) is 25.3 Å². The molecule has 2 unspecified atom stereocenters. The third-order valence-corrected chi connectivity index (χ3v) is 7.75. The van der Waals surface area contributed by atoms with E-state index in [1.54, 1.807) is 42.8 Å². The summed E-state index contributed by atoms with van der Waals surface area (Å²) in [5.74, 6) is 0.843.